The molecule has 122 valence electrons. The van der Waals surface area contributed by atoms with Crippen LogP contribution in [0.2, 0.25) is 0 Å². The van der Waals surface area contributed by atoms with E-state index in [-0.39, 0.29) is 12.5 Å². The molecule has 0 saturated carbocycles. The van der Waals surface area contributed by atoms with Gasteiger partial charge in [0, 0.05) is 19.8 Å². The number of nitrogens with zero attached hydrogens (tertiary/aromatic N) is 3. The molecule has 0 aliphatic carbocycles. The molecule has 6 heteroatoms. The first-order chi connectivity index (χ1) is 11.6. The van der Waals surface area contributed by atoms with E-state index in [9.17, 15) is 4.79 Å². The van der Waals surface area contributed by atoms with Crippen LogP contribution < -0.4 is 10.2 Å². The van der Waals surface area contributed by atoms with Gasteiger partial charge in [0.15, 0.2) is 6.61 Å². The Morgan fingerprint density at radius 2 is 1.96 bits per heavy atom. The van der Waals surface area contributed by atoms with Crippen LogP contribution in [0, 0.1) is 11.3 Å². The van der Waals surface area contributed by atoms with Crippen molar-refractivity contribution in [2.24, 2.45) is 5.16 Å². The van der Waals surface area contributed by atoms with E-state index < -0.39 is 0 Å². The predicted molar refractivity (Wildman–Crippen MR) is 94.1 cm³/mol. The highest BCUT2D eigenvalue weighted by Crippen LogP contribution is 2.13. The van der Waals surface area contributed by atoms with E-state index in [4.69, 9.17) is 10.1 Å². The molecule has 0 radical (unpaired) electrons. The number of benzene rings is 2. The molecule has 0 aromatic heterocycles. The number of para-hydroxylation sites is 1. The third-order valence-electron chi connectivity index (χ3n) is 3.20. The summed E-state index contributed by atoms with van der Waals surface area (Å²) in [4.78, 5) is 18.8. The fourth-order valence-electron chi connectivity index (χ4n) is 1.93. The lowest BCUT2D eigenvalue weighted by Crippen LogP contribution is -2.17. The van der Waals surface area contributed by atoms with Crippen LogP contribution >= 0.6 is 0 Å². The Kier molecular flexibility index (Phi) is 5.92. The van der Waals surface area contributed by atoms with E-state index in [0.29, 0.717) is 11.3 Å². The van der Waals surface area contributed by atoms with Gasteiger partial charge in [-0.2, -0.15) is 5.26 Å². The Morgan fingerprint density at radius 1 is 1.25 bits per heavy atom. The molecule has 0 aliphatic rings. The highest BCUT2D eigenvalue weighted by molar-refractivity contribution is 5.93. The van der Waals surface area contributed by atoms with Crippen molar-refractivity contribution in [3.63, 3.8) is 0 Å². The maximum atomic E-state index is 11.8. The van der Waals surface area contributed by atoms with Crippen molar-refractivity contribution in [1.29, 1.82) is 5.26 Å². The van der Waals surface area contributed by atoms with Crippen molar-refractivity contribution in [1.82, 2.24) is 0 Å². The largest absolute Gasteiger partial charge is 0.386 e. The normalized spacial score (nSPS) is 10.2. The van der Waals surface area contributed by atoms with Gasteiger partial charge in [-0.3, -0.25) is 4.79 Å². The number of hydrogen-bond acceptors (Lipinski definition) is 5. The summed E-state index contributed by atoms with van der Waals surface area (Å²) in [7, 11) is 3.94. The van der Waals surface area contributed by atoms with Gasteiger partial charge in [0.2, 0.25) is 0 Å². The van der Waals surface area contributed by atoms with Crippen LogP contribution in [0.5, 0.6) is 0 Å². The molecule has 2 rings (SSSR count). The third-order valence-corrected chi connectivity index (χ3v) is 3.20. The molecule has 0 saturated heterocycles. The van der Waals surface area contributed by atoms with Crippen molar-refractivity contribution in [3.8, 4) is 6.07 Å². The third kappa shape index (κ3) is 4.85. The zero-order valence-electron chi connectivity index (χ0n) is 13.6. The molecule has 2 aromatic carbocycles. The summed E-state index contributed by atoms with van der Waals surface area (Å²) < 4.78 is 0. The monoisotopic (exact) mass is 322 g/mol. The van der Waals surface area contributed by atoms with E-state index >= 15 is 0 Å². The summed E-state index contributed by atoms with van der Waals surface area (Å²) in [5.41, 5.74) is 2.81. The predicted octanol–water partition coefficient (Wildman–Crippen LogP) is 2.61. The Bertz CT molecular complexity index is 761. The minimum Gasteiger partial charge on any atom is -0.386 e. The van der Waals surface area contributed by atoms with E-state index in [2.05, 4.69) is 10.5 Å². The SMILES string of the molecule is CN(C)c1ccc(/C=N/OCC(=O)Nc2ccccc2C#N)cc1. The molecule has 1 N–H and O–H groups in total. The number of carbonyl (C=O) groups excluding carboxylic acids is 1. The highest BCUT2D eigenvalue weighted by Gasteiger charge is 2.06. The number of oxime groups is 1. The molecular weight excluding hydrogens is 304 g/mol. The van der Waals surface area contributed by atoms with Gasteiger partial charge in [-0.15, -0.1) is 0 Å². The van der Waals surface area contributed by atoms with Crippen molar-refractivity contribution >= 4 is 23.5 Å². The van der Waals surface area contributed by atoms with Gasteiger partial charge in [0.25, 0.3) is 5.91 Å². The minimum absolute atomic E-state index is 0.230. The van der Waals surface area contributed by atoms with Gasteiger partial charge in [-0.25, -0.2) is 0 Å². The topological polar surface area (TPSA) is 77.7 Å². The van der Waals surface area contributed by atoms with Crippen molar-refractivity contribution in [2.45, 2.75) is 0 Å². The van der Waals surface area contributed by atoms with E-state index in [1.54, 1.807) is 24.3 Å². The lowest BCUT2D eigenvalue weighted by molar-refractivity contribution is -0.120. The quantitative estimate of drug-likeness (QED) is 0.655. The molecule has 0 atom stereocenters. The Labute approximate surface area is 141 Å². The summed E-state index contributed by atoms with van der Waals surface area (Å²) in [6.45, 7) is -0.230. The number of hydrogen-bond donors (Lipinski definition) is 1. The van der Waals surface area contributed by atoms with Gasteiger partial charge >= 0.3 is 0 Å². The second kappa shape index (κ2) is 8.34. The number of anilines is 2. The molecule has 0 heterocycles. The summed E-state index contributed by atoms with van der Waals surface area (Å²) in [5, 5.41) is 15.4. The smallest absolute Gasteiger partial charge is 0.265 e. The number of rotatable bonds is 6. The lowest BCUT2D eigenvalue weighted by Gasteiger charge is -2.11. The van der Waals surface area contributed by atoms with Crippen LogP contribution in [0.4, 0.5) is 11.4 Å². The van der Waals surface area contributed by atoms with Crippen molar-refractivity contribution in [3.05, 3.63) is 59.7 Å². The van der Waals surface area contributed by atoms with Gasteiger partial charge in [-0.1, -0.05) is 29.4 Å². The van der Waals surface area contributed by atoms with E-state index in [1.165, 1.54) is 6.21 Å². The molecule has 1 amide bonds. The lowest BCUT2D eigenvalue weighted by atomic mass is 10.2. The van der Waals surface area contributed by atoms with Crippen LogP contribution in [0.15, 0.2) is 53.7 Å². The molecule has 24 heavy (non-hydrogen) atoms. The Balaban J connectivity index is 1.83. The molecule has 2 aromatic rings. The van der Waals surface area contributed by atoms with Crippen LogP contribution in [0.3, 0.4) is 0 Å². The average Bonchev–Trinajstić information content (AvgIpc) is 2.59. The fourth-order valence-corrected chi connectivity index (χ4v) is 1.93. The molecule has 6 nitrogen and oxygen atoms in total. The summed E-state index contributed by atoms with van der Waals surface area (Å²) in [6.07, 6.45) is 1.54. The summed E-state index contributed by atoms with van der Waals surface area (Å²) in [5.74, 6) is -0.377. The highest BCUT2D eigenvalue weighted by atomic mass is 16.6. The van der Waals surface area contributed by atoms with Gasteiger partial charge in [0.05, 0.1) is 17.5 Å². The van der Waals surface area contributed by atoms with Gasteiger partial charge < -0.3 is 15.1 Å². The number of nitrogens with one attached hydrogen (secondary N) is 1. The number of amides is 1. The van der Waals surface area contributed by atoms with Crippen molar-refractivity contribution < 1.29 is 9.63 Å². The Hall–Kier alpha value is -3.33. The second-order valence-corrected chi connectivity index (χ2v) is 5.20. The summed E-state index contributed by atoms with van der Waals surface area (Å²) >= 11 is 0. The average molecular weight is 322 g/mol. The maximum Gasteiger partial charge on any atom is 0.265 e. The van der Waals surface area contributed by atoms with Crippen LogP contribution in [0.1, 0.15) is 11.1 Å². The van der Waals surface area contributed by atoms with E-state index in [0.717, 1.165) is 11.3 Å². The molecule has 0 unspecified atom stereocenters. The van der Waals surface area contributed by atoms with Crippen LogP contribution in [0.25, 0.3) is 0 Å². The first-order valence-electron chi connectivity index (χ1n) is 7.32. The zero-order valence-corrected chi connectivity index (χ0v) is 13.6. The molecule has 0 fully saturated rings. The second-order valence-electron chi connectivity index (χ2n) is 5.20. The first kappa shape index (κ1) is 17.0. The molecule has 0 spiro atoms. The van der Waals surface area contributed by atoms with Crippen molar-refractivity contribution in [2.75, 3.05) is 30.9 Å². The number of carbonyl (C=O) groups is 1. The zero-order chi connectivity index (χ0) is 17.4. The standard InChI is InChI=1S/C18H18N4O2/c1-22(2)16-9-7-14(8-10-16)12-20-24-13-18(23)21-17-6-4-3-5-15(17)11-19/h3-10,12H,13H2,1-2H3,(H,21,23)/b20-12+. The van der Waals surface area contributed by atoms with Gasteiger partial charge in [-0.05, 0) is 29.8 Å². The first-order valence-corrected chi connectivity index (χ1v) is 7.32. The molecule has 0 aliphatic heterocycles. The number of nitriles is 1. The molecule has 0 bridgehead atoms. The minimum atomic E-state index is -0.377. The fraction of sp³-hybridized carbons (Fsp3) is 0.167. The maximum absolute atomic E-state index is 11.8. The van der Waals surface area contributed by atoms with E-state index in [1.807, 2.05) is 49.3 Å². The van der Waals surface area contributed by atoms with Crippen LogP contribution in [-0.4, -0.2) is 32.8 Å². The van der Waals surface area contributed by atoms with Crippen LogP contribution in [-0.2, 0) is 9.63 Å². The summed E-state index contributed by atoms with van der Waals surface area (Å²) in [6, 6.07) is 16.5. The van der Waals surface area contributed by atoms with Gasteiger partial charge in [0.1, 0.15) is 6.07 Å². The molecular formula is C18H18N4O2. The Morgan fingerprint density at radius 3 is 2.62 bits per heavy atom.